The quantitative estimate of drug-likeness (QED) is 0.845. The van der Waals surface area contributed by atoms with Gasteiger partial charge in [-0.15, -0.1) is 11.3 Å². The van der Waals surface area contributed by atoms with Crippen LogP contribution in [0.4, 0.5) is 0 Å². The summed E-state index contributed by atoms with van der Waals surface area (Å²) in [4.78, 5) is 17.9. The Morgan fingerprint density at radius 1 is 1.39 bits per heavy atom. The second-order valence-electron chi connectivity index (χ2n) is 4.85. The SMILES string of the molecule is Cc1nc(CC(=O)C2Cc3ccccc32)sc1C. The molecule has 0 N–H and O–H groups in total. The monoisotopic (exact) mass is 257 g/mol. The maximum Gasteiger partial charge on any atom is 0.147 e. The molecule has 0 saturated heterocycles. The molecule has 0 spiro atoms. The zero-order valence-electron chi connectivity index (χ0n) is 10.6. The van der Waals surface area contributed by atoms with Gasteiger partial charge in [-0.25, -0.2) is 4.98 Å². The van der Waals surface area contributed by atoms with Gasteiger partial charge in [0, 0.05) is 10.8 Å². The van der Waals surface area contributed by atoms with Gasteiger partial charge in [0.2, 0.25) is 0 Å². The lowest BCUT2D eigenvalue weighted by atomic mass is 9.74. The molecule has 1 aromatic carbocycles. The van der Waals surface area contributed by atoms with E-state index in [1.165, 1.54) is 16.0 Å². The zero-order chi connectivity index (χ0) is 12.7. The predicted molar refractivity (Wildman–Crippen MR) is 73.2 cm³/mol. The van der Waals surface area contributed by atoms with E-state index in [2.05, 4.69) is 24.0 Å². The number of thiazole rings is 1. The number of benzene rings is 1. The van der Waals surface area contributed by atoms with Crippen LogP contribution >= 0.6 is 11.3 Å². The molecule has 1 aromatic heterocycles. The summed E-state index contributed by atoms with van der Waals surface area (Å²) in [6.07, 6.45) is 1.39. The number of carbonyl (C=O) groups is 1. The number of nitrogens with zero attached hydrogens (tertiary/aromatic N) is 1. The van der Waals surface area contributed by atoms with Crippen LogP contribution in [0.5, 0.6) is 0 Å². The Hall–Kier alpha value is -1.48. The topological polar surface area (TPSA) is 30.0 Å². The molecule has 0 radical (unpaired) electrons. The molecular weight excluding hydrogens is 242 g/mol. The second kappa shape index (κ2) is 4.32. The number of rotatable bonds is 3. The van der Waals surface area contributed by atoms with Crippen molar-refractivity contribution in [2.45, 2.75) is 32.6 Å². The fourth-order valence-corrected chi connectivity index (χ4v) is 3.38. The average molecular weight is 257 g/mol. The molecule has 3 rings (SSSR count). The normalized spacial score (nSPS) is 17.1. The molecule has 1 aliphatic carbocycles. The van der Waals surface area contributed by atoms with E-state index in [0.29, 0.717) is 12.2 Å². The third-order valence-corrected chi connectivity index (χ3v) is 4.71. The lowest BCUT2D eigenvalue weighted by Gasteiger charge is -2.28. The van der Waals surface area contributed by atoms with E-state index in [-0.39, 0.29) is 5.92 Å². The minimum absolute atomic E-state index is 0.103. The highest BCUT2D eigenvalue weighted by Gasteiger charge is 2.31. The molecular formula is C15H15NOS. The summed E-state index contributed by atoms with van der Waals surface area (Å²) in [5, 5.41) is 0.958. The van der Waals surface area contributed by atoms with Crippen LogP contribution in [-0.4, -0.2) is 10.8 Å². The molecule has 1 aliphatic rings. The van der Waals surface area contributed by atoms with Crippen molar-refractivity contribution in [2.24, 2.45) is 0 Å². The van der Waals surface area contributed by atoms with Gasteiger partial charge in [0.15, 0.2) is 0 Å². The fraction of sp³-hybridized carbons (Fsp3) is 0.333. The number of carbonyl (C=O) groups excluding carboxylic acids is 1. The molecule has 18 heavy (non-hydrogen) atoms. The summed E-state index contributed by atoms with van der Waals surface area (Å²) in [6, 6.07) is 8.22. The standard InChI is InChI=1S/C15H15NOS/c1-9-10(2)18-15(16-9)8-14(17)13-7-11-5-3-4-6-12(11)13/h3-6,13H,7-8H2,1-2H3. The van der Waals surface area contributed by atoms with Gasteiger partial charge >= 0.3 is 0 Å². The van der Waals surface area contributed by atoms with Gasteiger partial charge < -0.3 is 0 Å². The minimum atomic E-state index is 0.103. The molecule has 2 nitrogen and oxygen atoms in total. The van der Waals surface area contributed by atoms with Crippen molar-refractivity contribution < 1.29 is 4.79 Å². The fourth-order valence-electron chi connectivity index (χ4n) is 2.43. The van der Waals surface area contributed by atoms with Crippen LogP contribution in [-0.2, 0) is 17.6 Å². The summed E-state index contributed by atoms with van der Waals surface area (Å²) in [5.74, 6) is 0.410. The van der Waals surface area contributed by atoms with Crippen LogP contribution in [0.3, 0.4) is 0 Å². The van der Waals surface area contributed by atoms with Crippen molar-refractivity contribution in [1.82, 2.24) is 4.98 Å². The van der Waals surface area contributed by atoms with Crippen LogP contribution in [0, 0.1) is 13.8 Å². The number of ketones is 1. The molecule has 3 heteroatoms. The van der Waals surface area contributed by atoms with Gasteiger partial charge in [0.25, 0.3) is 0 Å². The van der Waals surface area contributed by atoms with Crippen LogP contribution in [0.25, 0.3) is 0 Å². The highest BCUT2D eigenvalue weighted by Crippen LogP contribution is 2.36. The van der Waals surface area contributed by atoms with Crippen molar-refractivity contribution >= 4 is 17.1 Å². The first-order valence-corrected chi connectivity index (χ1v) is 7.00. The molecule has 0 aliphatic heterocycles. The molecule has 1 unspecified atom stereocenters. The molecule has 1 atom stereocenters. The largest absolute Gasteiger partial charge is 0.299 e. The number of hydrogen-bond donors (Lipinski definition) is 0. The first-order chi connectivity index (χ1) is 8.65. The minimum Gasteiger partial charge on any atom is -0.299 e. The van der Waals surface area contributed by atoms with Gasteiger partial charge in [-0.3, -0.25) is 4.79 Å². The van der Waals surface area contributed by atoms with E-state index in [1.54, 1.807) is 11.3 Å². The van der Waals surface area contributed by atoms with Crippen molar-refractivity contribution in [3.05, 3.63) is 51.0 Å². The van der Waals surface area contributed by atoms with Crippen molar-refractivity contribution in [3.8, 4) is 0 Å². The highest BCUT2D eigenvalue weighted by atomic mass is 32.1. The van der Waals surface area contributed by atoms with E-state index < -0.39 is 0 Å². The molecule has 0 saturated carbocycles. The van der Waals surface area contributed by atoms with Gasteiger partial charge in [0.1, 0.15) is 10.8 Å². The summed E-state index contributed by atoms with van der Waals surface area (Å²) in [7, 11) is 0. The van der Waals surface area contributed by atoms with Gasteiger partial charge in [0.05, 0.1) is 12.1 Å². The average Bonchev–Trinajstić information content (AvgIpc) is 2.59. The van der Waals surface area contributed by atoms with Gasteiger partial charge in [-0.2, -0.15) is 0 Å². The van der Waals surface area contributed by atoms with Crippen molar-refractivity contribution in [3.63, 3.8) is 0 Å². The molecule has 1 heterocycles. The van der Waals surface area contributed by atoms with E-state index in [1.807, 2.05) is 19.1 Å². The second-order valence-corrected chi connectivity index (χ2v) is 6.14. The smallest absolute Gasteiger partial charge is 0.147 e. The van der Waals surface area contributed by atoms with E-state index in [9.17, 15) is 4.79 Å². The van der Waals surface area contributed by atoms with Gasteiger partial charge in [-0.05, 0) is 31.4 Å². The molecule has 0 amide bonds. The summed E-state index contributed by atoms with van der Waals surface area (Å²) >= 11 is 1.64. The Bertz CT molecular complexity index is 595. The van der Waals surface area contributed by atoms with Crippen LogP contribution < -0.4 is 0 Å². The first-order valence-electron chi connectivity index (χ1n) is 6.18. The number of Topliss-reactive ketones (excluding diaryl/α,β-unsaturated/α-hetero) is 1. The van der Waals surface area contributed by atoms with Crippen LogP contribution in [0.2, 0.25) is 0 Å². The summed E-state index contributed by atoms with van der Waals surface area (Å²) < 4.78 is 0. The summed E-state index contributed by atoms with van der Waals surface area (Å²) in [6.45, 7) is 4.05. The Kier molecular flexibility index (Phi) is 2.78. The Balaban J connectivity index is 1.74. The number of aryl methyl sites for hydroxylation is 2. The number of fused-ring (bicyclic) bond motifs is 1. The predicted octanol–water partition coefficient (Wildman–Crippen LogP) is 3.21. The van der Waals surface area contributed by atoms with Gasteiger partial charge in [-0.1, -0.05) is 24.3 Å². The maximum atomic E-state index is 12.2. The third-order valence-electron chi connectivity index (χ3n) is 3.64. The number of hydrogen-bond acceptors (Lipinski definition) is 3. The molecule has 2 aromatic rings. The number of aromatic nitrogens is 1. The molecule has 0 bridgehead atoms. The first kappa shape index (κ1) is 11.6. The van der Waals surface area contributed by atoms with Crippen molar-refractivity contribution in [1.29, 1.82) is 0 Å². The molecule has 0 fully saturated rings. The maximum absolute atomic E-state index is 12.2. The zero-order valence-corrected chi connectivity index (χ0v) is 11.4. The third kappa shape index (κ3) is 1.89. The Morgan fingerprint density at radius 3 is 2.83 bits per heavy atom. The Morgan fingerprint density at radius 2 is 2.17 bits per heavy atom. The lowest BCUT2D eigenvalue weighted by Crippen LogP contribution is -2.26. The van der Waals surface area contributed by atoms with E-state index in [4.69, 9.17) is 0 Å². The van der Waals surface area contributed by atoms with Crippen LogP contribution in [0.1, 0.15) is 32.6 Å². The highest BCUT2D eigenvalue weighted by molar-refractivity contribution is 7.11. The van der Waals surface area contributed by atoms with Crippen molar-refractivity contribution in [2.75, 3.05) is 0 Å². The van der Waals surface area contributed by atoms with E-state index in [0.717, 1.165) is 17.1 Å². The lowest BCUT2D eigenvalue weighted by molar-refractivity contribution is -0.120. The van der Waals surface area contributed by atoms with Crippen LogP contribution in [0.15, 0.2) is 24.3 Å². The molecule has 92 valence electrons. The van der Waals surface area contributed by atoms with E-state index >= 15 is 0 Å². The summed E-state index contributed by atoms with van der Waals surface area (Å²) in [5.41, 5.74) is 3.59. The Labute approximate surface area is 111 Å².